The van der Waals surface area contributed by atoms with E-state index in [1.54, 1.807) is 0 Å². The van der Waals surface area contributed by atoms with Crippen molar-refractivity contribution < 1.29 is 4.79 Å². The number of nitrogens with one attached hydrogen (secondary N) is 1. The predicted molar refractivity (Wildman–Crippen MR) is 93.2 cm³/mol. The molecule has 0 bridgehead atoms. The minimum atomic E-state index is -0.599. The van der Waals surface area contributed by atoms with Gasteiger partial charge in [-0.2, -0.15) is 0 Å². The van der Waals surface area contributed by atoms with Gasteiger partial charge in [0.25, 0.3) is 0 Å². The van der Waals surface area contributed by atoms with Crippen LogP contribution < -0.4 is 11.1 Å². The summed E-state index contributed by atoms with van der Waals surface area (Å²) in [6.07, 6.45) is 9.47. The molecule has 1 atom stereocenters. The van der Waals surface area contributed by atoms with Gasteiger partial charge < -0.3 is 11.1 Å². The molecule has 0 spiro atoms. The number of rotatable bonds is 7. The van der Waals surface area contributed by atoms with Crippen molar-refractivity contribution in [2.45, 2.75) is 84.6 Å². The molecule has 0 saturated heterocycles. The Labute approximate surface area is 135 Å². The molecule has 0 aromatic carbocycles. The lowest BCUT2D eigenvalue weighted by Gasteiger charge is -2.31. The highest BCUT2D eigenvalue weighted by molar-refractivity contribution is 7.80. The molecular weight excluding hydrogens is 280 g/mol. The SMILES string of the molecule is CC(C)CCCC(C)NC(=O)C1(C(N)=S)CCCCCC1. The largest absolute Gasteiger partial charge is 0.392 e. The first-order valence-corrected chi connectivity index (χ1v) is 8.90. The van der Waals surface area contributed by atoms with Crippen LogP contribution in [0.3, 0.4) is 0 Å². The molecular formula is C17H32N2OS. The smallest absolute Gasteiger partial charge is 0.233 e. The van der Waals surface area contributed by atoms with Gasteiger partial charge in [0.05, 0.1) is 10.4 Å². The predicted octanol–water partition coefficient (Wildman–Crippen LogP) is 3.94. The highest BCUT2D eigenvalue weighted by atomic mass is 32.1. The van der Waals surface area contributed by atoms with Gasteiger partial charge in [-0.3, -0.25) is 4.79 Å². The summed E-state index contributed by atoms with van der Waals surface area (Å²) < 4.78 is 0. The minimum absolute atomic E-state index is 0.0638. The lowest BCUT2D eigenvalue weighted by atomic mass is 9.79. The van der Waals surface area contributed by atoms with Gasteiger partial charge in [0, 0.05) is 6.04 Å². The molecule has 4 heteroatoms. The van der Waals surface area contributed by atoms with E-state index in [0.717, 1.165) is 44.4 Å². The van der Waals surface area contributed by atoms with Gasteiger partial charge in [-0.05, 0) is 32.1 Å². The zero-order valence-corrected chi connectivity index (χ0v) is 14.7. The minimum Gasteiger partial charge on any atom is -0.392 e. The van der Waals surface area contributed by atoms with Gasteiger partial charge in [0.15, 0.2) is 0 Å². The molecule has 0 heterocycles. The topological polar surface area (TPSA) is 55.1 Å². The molecule has 1 fully saturated rings. The van der Waals surface area contributed by atoms with E-state index in [-0.39, 0.29) is 11.9 Å². The fourth-order valence-electron chi connectivity index (χ4n) is 3.18. The number of hydrogen-bond acceptors (Lipinski definition) is 2. The third kappa shape index (κ3) is 5.57. The molecule has 1 aliphatic carbocycles. The van der Waals surface area contributed by atoms with Crippen LogP contribution in [-0.4, -0.2) is 16.9 Å². The zero-order valence-electron chi connectivity index (χ0n) is 13.9. The number of hydrogen-bond donors (Lipinski definition) is 2. The molecule has 0 aromatic rings. The molecule has 1 aliphatic rings. The number of carbonyl (C=O) groups is 1. The van der Waals surface area contributed by atoms with E-state index in [1.807, 2.05) is 0 Å². The van der Waals surface area contributed by atoms with Crippen molar-refractivity contribution in [3.8, 4) is 0 Å². The Balaban J connectivity index is 2.58. The van der Waals surface area contributed by atoms with Crippen LogP contribution in [0.2, 0.25) is 0 Å². The first kappa shape index (κ1) is 18.4. The van der Waals surface area contributed by atoms with Crippen molar-refractivity contribution in [3.05, 3.63) is 0 Å². The van der Waals surface area contributed by atoms with Crippen molar-refractivity contribution in [2.24, 2.45) is 17.1 Å². The highest BCUT2D eigenvalue weighted by Gasteiger charge is 2.41. The maximum Gasteiger partial charge on any atom is 0.233 e. The van der Waals surface area contributed by atoms with Crippen molar-refractivity contribution in [2.75, 3.05) is 0 Å². The summed E-state index contributed by atoms with van der Waals surface area (Å²) in [6.45, 7) is 6.55. The van der Waals surface area contributed by atoms with E-state index >= 15 is 0 Å². The molecule has 1 rings (SSSR count). The number of carbonyl (C=O) groups excluding carboxylic acids is 1. The molecule has 3 nitrogen and oxygen atoms in total. The van der Waals surface area contributed by atoms with Crippen LogP contribution in [0.25, 0.3) is 0 Å². The Morgan fingerprint density at radius 2 is 1.71 bits per heavy atom. The summed E-state index contributed by atoms with van der Waals surface area (Å²) in [5.41, 5.74) is 5.36. The van der Waals surface area contributed by atoms with Gasteiger partial charge in [-0.25, -0.2) is 0 Å². The molecule has 1 saturated carbocycles. The quantitative estimate of drug-likeness (QED) is 0.553. The van der Waals surface area contributed by atoms with E-state index in [0.29, 0.717) is 4.99 Å². The van der Waals surface area contributed by atoms with Crippen molar-refractivity contribution in [3.63, 3.8) is 0 Å². The second kappa shape index (κ2) is 8.72. The second-order valence-corrected chi connectivity index (χ2v) is 7.50. The van der Waals surface area contributed by atoms with Crippen molar-refractivity contribution in [1.29, 1.82) is 0 Å². The average molecular weight is 313 g/mol. The summed E-state index contributed by atoms with van der Waals surface area (Å²) in [5.74, 6) is 0.784. The average Bonchev–Trinajstić information content (AvgIpc) is 2.64. The van der Waals surface area contributed by atoms with Crippen LogP contribution in [0, 0.1) is 11.3 Å². The Bertz CT molecular complexity index is 347. The molecule has 21 heavy (non-hydrogen) atoms. The molecule has 122 valence electrons. The first-order chi connectivity index (χ1) is 9.88. The summed E-state index contributed by atoms with van der Waals surface area (Å²) in [7, 11) is 0. The third-order valence-corrected chi connectivity index (χ3v) is 5.05. The number of thiocarbonyl (C=S) groups is 1. The summed E-state index contributed by atoms with van der Waals surface area (Å²) in [4.78, 5) is 13.1. The lowest BCUT2D eigenvalue weighted by Crippen LogP contribution is -2.51. The van der Waals surface area contributed by atoms with Gasteiger partial charge in [-0.1, -0.05) is 64.6 Å². The van der Waals surface area contributed by atoms with Gasteiger partial charge in [-0.15, -0.1) is 0 Å². The molecule has 0 aliphatic heterocycles. The van der Waals surface area contributed by atoms with Gasteiger partial charge in [0.1, 0.15) is 0 Å². The number of nitrogens with two attached hydrogens (primary N) is 1. The Kier molecular flexibility index (Phi) is 7.64. The van der Waals surface area contributed by atoms with E-state index < -0.39 is 5.41 Å². The fraction of sp³-hybridized carbons (Fsp3) is 0.882. The normalized spacial score (nSPS) is 19.8. The summed E-state index contributed by atoms with van der Waals surface area (Å²) in [5, 5.41) is 3.17. The molecule has 1 amide bonds. The van der Waals surface area contributed by atoms with E-state index in [9.17, 15) is 4.79 Å². The highest BCUT2D eigenvalue weighted by Crippen LogP contribution is 2.36. The zero-order chi connectivity index (χ0) is 15.9. The van der Waals surface area contributed by atoms with Crippen molar-refractivity contribution in [1.82, 2.24) is 5.32 Å². The molecule has 1 unspecified atom stereocenters. The van der Waals surface area contributed by atoms with E-state index in [1.165, 1.54) is 19.3 Å². The van der Waals surface area contributed by atoms with Crippen molar-refractivity contribution >= 4 is 23.1 Å². The fourth-order valence-corrected chi connectivity index (χ4v) is 3.48. The van der Waals surface area contributed by atoms with Crippen LogP contribution in [-0.2, 0) is 4.79 Å². The molecule has 3 N–H and O–H groups in total. The van der Waals surface area contributed by atoms with E-state index in [4.69, 9.17) is 18.0 Å². The first-order valence-electron chi connectivity index (χ1n) is 8.49. The third-order valence-electron chi connectivity index (χ3n) is 4.66. The number of amides is 1. The Morgan fingerprint density at radius 1 is 1.14 bits per heavy atom. The maximum absolute atomic E-state index is 12.7. The van der Waals surface area contributed by atoms with Gasteiger partial charge >= 0.3 is 0 Å². The Morgan fingerprint density at radius 3 is 2.19 bits per heavy atom. The summed E-state index contributed by atoms with van der Waals surface area (Å²) >= 11 is 5.26. The molecule has 0 radical (unpaired) electrons. The lowest BCUT2D eigenvalue weighted by molar-refractivity contribution is -0.128. The van der Waals surface area contributed by atoms with Crippen LogP contribution in [0.4, 0.5) is 0 Å². The monoisotopic (exact) mass is 312 g/mol. The Hall–Kier alpha value is -0.640. The van der Waals surface area contributed by atoms with Crippen LogP contribution in [0.5, 0.6) is 0 Å². The van der Waals surface area contributed by atoms with Crippen LogP contribution >= 0.6 is 12.2 Å². The standard InChI is InChI=1S/C17H32N2OS/c1-13(2)9-8-10-14(3)19-16(20)17(15(18)21)11-6-4-5-7-12-17/h13-14H,4-12H2,1-3H3,(H2,18,21)(H,19,20). The van der Waals surface area contributed by atoms with E-state index in [2.05, 4.69) is 26.1 Å². The van der Waals surface area contributed by atoms with Crippen LogP contribution in [0.15, 0.2) is 0 Å². The summed E-state index contributed by atoms with van der Waals surface area (Å²) in [6, 6.07) is 0.200. The maximum atomic E-state index is 12.7. The second-order valence-electron chi connectivity index (χ2n) is 7.06. The van der Waals surface area contributed by atoms with Crippen LogP contribution in [0.1, 0.15) is 78.6 Å². The molecule has 0 aromatic heterocycles. The van der Waals surface area contributed by atoms with Gasteiger partial charge in [0.2, 0.25) is 5.91 Å².